The first-order chi connectivity index (χ1) is 10.2. The maximum absolute atomic E-state index is 12.3. The summed E-state index contributed by atoms with van der Waals surface area (Å²) in [6, 6.07) is 3.81. The molecule has 0 atom stereocenters. The van der Waals surface area contributed by atoms with Crippen LogP contribution in [0.2, 0.25) is 0 Å². The van der Waals surface area contributed by atoms with E-state index in [1.165, 1.54) is 0 Å². The van der Waals surface area contributed by atoms with Crippen LogP contribution in [0.5, 0.6) is 0 Å². The molecule has 0 aliphatic heterocycles. The normalized spacial score (nSPS) is 14.1. The summed E-state index contributed by atoms with van der Waals surface area (Å²) in [4.78, 5) is 16.7. The molecule has 0 amide bonds. The predicted octanol–water partition coefficient (Wildman–Crippen LogP) is 2.87. The Morgan fingerprint density at radius 1 is 1.57 bits per heavy atom. The SMILES string of the molecule is Cc1noc2nc(C3CC3)cc(C(=O)OCCCC#N)c12. The van der Waals surface area contributed by atoms with Crippen molar-refractivity contribution in [2.75, 3.05) is 6.61 Å². The molecule has 0 radical (unpaired) electrons. The fourth-order valence-electron chi connectivity index (χ4n) is 2.26. The number of hydrogen-bond donors (Lipinski definition) is 0. The molecular weight excluding hydrogens is 270 g/mol. The molecule has 6 nitrogen and oxygen atoms in total. The first-order valence-corrected chi connectivity index (χ1v) is 7.01. The summed E-state index contributed by atoms with van der Waals surface area (Å²) in [5.41, 5.74) is 2.34. The van der Waals surface area contributed by atoms with Crippen molar-refractivity contribution in [2.24, 2.45) is 0 Å². The van der Waals surface area contributed by atoms with E-state index in [1.807, 2.05) is 6.07 Å². The highest BCUT2D eigenvalue weighted by Gasteiger charge is 2.29. The van der Waals surface area contributed by atoms with Crippen molar-refractivity contribution in [3.8, 4) is 6.07 Å². The number of ether oxygens (including phenoxy) is 1. The monoisotopic (exact) mass is 285 g/mol. The first-order valence-electron chi connectivity index (χ1n) is 7.01. The van der Waals surface area contributed by atoms with Gasteiger partial charge in [0.1, 0.15) is 0 Å². The summed E-state index contributed by atoms with van der Waals surface area (Å²) in [6.45, 7) is 2.01. The van der Waals surface area contributed by atoms with Gasteiger partial charge in [0.15, 0.2) is 0 Å². The molecule has 0 bridgehead atoms. The minimum atomic E-state index is -0.409. The number of rotatable bonds is 5. The minimum Gasteiger partial charge on any atom is -0.462 e. The van der Waals surface area contributed by atoms with E-state index in [0.29, 0.717) is 41.1 Å². The Bertz CT molecular complexity index is 726. The number of aryl methyl sites for hydroxylation is 1. The van der Waals surface area contributed by atoms with Crippen molar-refractivity contribution in [3.63, 3.8) is 0 Å². The molecule has 0 aromatic carbocycles. The van der Waals surface area contributed by atoms with E-state index >= 15 is 0 Å². The van der Waals surface area contributed by atoms with Gasteiger partial charge in [0, 0.05) is 18.0 Å². The zero-order valence-corrected chi connectivity index (χ0v) is 11.8. The highest BCUT2D eigenvalue weighted by Crippen LogP contribution is 2.40. The van der Waals surface area contributed by atoms with Gasteiger partial charge < -0.3 is 9.26 Å². The largest absolute Gasteiger partial charge is 0.462 e. The van der Waals surface area contributed by atoms with E-state index in [0.717, 1.165) is 18.5 Å². The molecule has 108 valence electrons. The number of fused-ring (bicyclic) bond motifs is 1. The number of carbonyl (C=O) groups excluding carboxylic acids is 1. The van der Waals surface area contributed by atoms with Gasteiger partial charge in [0.2, 0.25) is 0 Å². The Hall–Kier alpha value is -2.42. The number of hydrogen-bond acceptors (Lipinski definition) is 6. The highest BCUT2D eigenvalue weighted by molar-refractivity contribution is 6.03. The van der Waals surface area contributed by atoms with E-state index in [1.54, 1.807) is 13.0 Å². The molecule has 2 heterocycles. The number of esters is 1. The molecular formula is C15H15N3O3. The molecule has 2 aromatic rings. The number of pyridine rings is 1. The zero-order valence-electron chi connectivity index (χ0n) is 11.8. The lowest BCUT2D eigenvalue weighted by Crippen LogP contribution is -2.08. The highest BCUT2D eigenvalue weighted by atomic mass is 16.5. The maximum atomic E-state index is 12.3. The maximum Gasteiger partial charge on any atom is 0.339 e. The van der Waals surface area contributed by atoms with Crippen molar-refractivity contribution in [2.45, 2.75) is 38.5 Å². The summed E-state index contributed by atoms with van der Waals surface area (Å²) >= 11 is 0. The second-order valence-corrected chi connectivity index (χ2v) is 5.21. The van der Waals surface area contributed by atoms with Crippen LogP contribution in [-0.4, -0.2) is 22.7 Å². The average molecular weight is 285 g/mol. The van der Waals surface area contributed by atoms with Crippen LogP contribution in [-0.2, 0) is 4.74 Å². The Labute approximate surface area is 121 Å². The second kappa shape index (κ2) is 5.52. The van der Waals surface area contributed by atoms with Crippen molar-refractivity contribution in [3.05, 3.63) is 23.0 Å². The Morgan fingerprint density at radius 2 is 2.38 bits per heavy atom. The van der Waals surface area contributed by atoms with Gasteiger partial charge in [0.05, 0.1) is 29.3 Å². The number of nitrogens with zero attached hydrogens (tertiary/aromatic N) is 3. The smallest absolute Gasteiger partial charge is 0.339 e. The Morgan fingerprint density at radius 3 is 3.10 bits per heavy atom. The summed E-state index contributed by atoms with van der Waals surface area (Å²) in [6.07, 6.45) is 3.08. The van der Waals surface area contributed by atoms with E-state index in [2.05, 4.69) is 10.1 Å². The summed E-state index contributed by atoms with van der Waals surface area (Å²) in [7, 11) is 0. The van der Waals surface area contributed by atoms with Gasteiger partial charge in [-0.25, -0.2) is 9.78 Å². The molecule has 21 heavy (non-hydrogen) atoms. The molecule has 1 saturated carbocycles. The molecule has 0 unspecified atom stereocenters. The zero-order chi connectivity index (χ0) is 14.8. The number of aromatic nitrogens is 2. The van der Waals surface area contributed by atoms with Crippen LogP contribution in [0.15, 0.2) is 10.6 Å². The fraction of sp³-hybridized carbons (Fsp3) is 0.467. The lowest BCUT2D eigenvalue weighted by Gasteiger charge is -2.06. The minimum absolute atomic E-state index is 0.235. The lowest BCUT2D eigenvalue weighted by atomic mass is 10.1. The van der Waals surface area contributed by atoms with Crippen LogP contribution in [0.4, 0.5) is 0 Å². The number of nitriles is 1. The molecule has 1 fully saturated rings. The van der Waals surface area contributed by atoms with Crippen LogP contribution in [0.25, 0.3) is 11.1 Å². The van der Waals surface area contributed by atoms with Gasteiger partial charge in [-0.05, 0) is 32.3 Å². The average Bonchev–Trinajstić information content (AvgIpc) is 3.27. The Kier molecular flexibility index (Phi) is 3.57. The molecule has 2 aromatic heterocycles. The second-order valence-electron chi connectivity index (χ2n) is 5.21. The van der Waals surface area contributed by atoms with Crippen molar-refractivity contribution >= 4 is 17.1 Å². The van der Waals surface area contributed by atoms with Gasteiger partial charge in [-0.15, -0.1) is 0 Å². The molecule has 0 N–H and O–H groups in total. The third-order valence-corrected chi connectivity index (χ3v) is 3.52. The number of unbranched alkanes of at least 4 members (excludes halogenated alkanes) is 1. The van der Waals surface area contributed by atoms with Crippen LogP contribution in [0, 0.1) is 18.3 Å². The third-order valence-electron chi connectivity index (χ3n) is 3.52. The molecule has 0 spiro atoms. The van der Waals surface area contributed by atoms with Gasteiger partial charge in [0.25, 0.3) is 5.71 Å². The van der Waals surface area contributed by atoms with Crippen LogP contribution in [0.1, 0.15) is 53.3 Å². The fourth-order valence-corrected chi connectivity index (χ4v) is 2.26. The topological polar surface area (TPSA) is 89.0 Å². The quantitative estimate of drug-likeness (QED) is 0.620. The van der Waals surface area contributed by atoms with E-state index in [4.69, 9.17) is 14.5 Å². The molecule has 6 heteroatoms. The summed E-state index contributed by atoms with van der Waals surface area (Å²) < 4.78 is 10.4. The molecule has 0 saturated heterocycles. The molecule has 1 aliphatic rings. The summed E-state index contributed by atoms with van der Waals surface area (Å²) in [5.74, 6) is -0.00140. The third kappa shape index (κ3) is 2.72. The summed E-state index contributed by atoms with van der Waals surface area (Å²) in [5, 5.41) is 13.0. The van der Waals surface area contributed by atoms with Crippen molar-refractivity contribution in [1.82, 2.24) is 10.1 Å². The standard InChI is InChI=1S/C15H15N3O3/c1-9-13-11(15(19)20-7-3-2-6-16)8-12(10-4-5-10)17-14(13)21-18-9/h8,10H,2-5,7H2,1H3. The number of carbonyl (C=O) groups is 1. The van der Waals surface area contributed by atoms with E-state index < -0.39 is 5.97 Å². The van der Waals surface area contributed by atoms with E-state index in [-0.39, 0.29) is 6.61 Å². The predicted molar refractivity (Wildman–Crippen MR) is 73.6 cm³/mol. The lowest BCUT2D eigenvalue weighted by molar-refractivity contribution is 0.0503. The van der Waals surface area contributed by atoms with Crippen molar-refractivity contribution < 1.29 is 14.1 Å². The Balaban J connectivity index is 1.90. The first kappa shape index (κ1) is 13.6. The van der Waals surface area contributed by atoms with Crippen LogP contribution >= 0.6 is 0 Å². The van der Waals surface area contributed by atoms with Crippen molar-refractivity contribution in [1.29, 1.82) is 5.26 Å². The van der Waals surface area contributed by atoms with Gasteiger partial charge in [-0.3, -0.25) is 0 Å². The van der Waals surface area contributed by atoms with Gasteiger partial charge >= 0.3 is 5.97 Å². The van der Waals surface area contributed by atoms with Gasteiger partial charge in [-0.1, -0.05) is 5.16 Å². The van der Waals surface area contributed by atoms with Crippen LogP contribution in [0.3, 0.4) is 0 Å². The molecule has 3 rings (SSSR count). The van der Waals surface area contributed by atoms with E-state index in [9.17, 15) is 4.79 Å². The molecule has 1 aliphatic carbocycles. The van der Waals surface area contributed by atoms with Crippen LogP contribution < -0.4 is 0 Å². The van der Waals surface area contributed by atoms with Gasteiger partial charge in [-0.2, -0.15) is 5.26 Å².